The van der Waals surface area contributed by atoms with Crippen molar-refractivity contribution in [1.29, 1.82) is 0 Å². The number of carbonyl (C=O) groups excluding carboxylic acids is 3. The molecule has 12 heteroatoms. The Bertz CT molecular complexity index is 1320. The molecule has 1 N–H and O–H groups in total. The van der Waals surface area contributed by atoms with Crippen LogP contribution in [0, 0.1) is 0 Å². The van der Waals surface area contributed by atoms with E-state index in [0.29, 0.717) is 22.7 Å². The average Bonchev–Trinajstić information content (AvgIpc) is 3.71. The molecule has 5 heterocycles. The van der Waals surface area contributed by atoms with E-state index < -0.39 is 17.5 Å². The zero-order chi connectivity index (χ0) is 27.9. The van der Waals surface area contributed by atoms with Crippen molar-refractivity contribution in [1.82, 2.24) is 14.7 Å². The molecule has 6 aliphatic rings. The number of ether oxygens (including phenoxy) is 5. The van der Waals surface area contributed by atoms with Gasteiger partial charge in [0.1, 0.15) is 11.4 Å². The Morgan fingerprint density at radius 2 is 1.28 bits per heavy atom. The fraction of sp³-hybridized carbons (Fsp3) is 0.519. The van der Waals surface area contributed by atoms with E-state index in [2.05, 4.69) is 0 Å². The van der Waals surface area contributed by atoms with Gasteiger partial charge >= 0.3 is 5.97 Å². The van der Waals surface area contributed by atoms with Crippen molar-refractivity contribution in [2.24, 2.45) is 0 Å². The molecule has 39 heavy (non-hydrogen) atoms. The van der Waals surface area contributed by atoms with Gasteiger partial charge in [0, 0.05) is 73.0 Å². The van der Waals surface area contributed by atoms with Crippen LogP contribution in [-0.2, 0) is 20.9 Å². The maximum Gasteiger partial charge on any atom is 0.345 e. The molecule has 208 valence electrons. The predicted molar refractivity (Wildman–Crippen MR) is 134 cm³/mol. The van der Waals surface area contributed by atoms with Gasteiger partial charge < -0.3 is 43.5 Å². The molecule has 0 saturated carbocycles. The Labute approximate surface area is 225 Å². The van der Waals surface area contributed by atoms with E-state index in [1.807, 2.05) is 14.7 Å². The van der Waals surface area contributed by atoms with Crippen LogP contribution in [0.15, 0.2) is 23.2 Å². The van der Waals surface area contributed by atoms with E-state index in [-0.39, 0.29) is 46.7 Å². The number of carbonyl (C=O) groups is 3. The van der Waals surface area contributed by atoms with Crippen molar-refractivity contribution < 1.29 is 43.2 Å². The molecule has 1 aromatic carbocycles. The lowest BCUT2D eigenvalue weighted by molar-refractivity contribution is -0.117. The van der Waals surface area contributed by atoms with Gasteiger partial charge in [-0.25, -0.2) is 4.79 Å². The third kappa shape index (κ3) is 4.42. The molecule has 0 spiro atoms. The molecule has 3 saturated heterocycles. The first kappa shape index (κ1) is 25.4. The number of nitrogens with zero attached hydrogens (tertiary/aromatic N) is 3. The van der Waals surface area contributed by atoms with Gasteiger partial charge in [0.2, 0.25) is 23.1 Å². The average molecular weight is 542 g/mol. The third-order valence-electron chi connectivity index (χ3n) is 6.84. The van der Waals surface area contributed by atoms with E-state index in [9.17, 15) is 19.5 Å². The number of methoxy groups -OCH3 is 1. The molecule has 3 fully saturated rings. The van der Waals surface area contributed by atoms with E-state index in [1.54, 1.807) is 27.7 Å². The summed E-state index contributed by atoms with van der Waals surface area (Å²) in [7, 11) is 1.27. The van der Waals surface area contributed by atoms with Gasteiger partial charge in [-0.2, -0.15) is 0 Å². The smallest absolute Gasteiger partial charge is 0.345 e. The fourth-order valence-corrected chi connectivity index (χ4v) is 4.85. The fourth-order valence-electron chi connectivity index (χ4n) is 4.85. The first-order chi connectivity index (χ1) is 18.4. The summed E-state index contributed by atoms with van der Waals surface area (Å²) < 4.78 is 27.7. The van der Waals surface area contributed by atoms with Gasteiger partial charge in [0.15, 0.2) is 28.6 Å². The highest BCUT2D eigenvalue weighted by molar-refractivity contribution is 6.22. The monoisotopic (exact) mass is 541 g/mol. The Kier molecular flexibility index (Phi) is 5.55. The second-order valence-electron chi connectivity index (χ2n) is 10.9. The highest BCUT2D eigenvalue weighted by Gasteiger charge is 2.47. The Morgan fingerprint density at radius 1 is 0.821 bits per heavy atom. The maximum absolute atomic E-state index is 12.4. The number of ketones is 2. The van der Waals surface area contributed by atoms with Crippen LogP contribution in [0.25, 0.3) is 0 Å². The number of aliphatic hydroxyl groups is 1. The Morgan fingerprint density at radius 3 is 1.72 bits per heavy atom. The molecule has 0 amide bonds. The minimum atomic E-state index is -0.973. The van der Waals surface area contributed by atoms with Crippen molar-refractivity contribution >= 4 is 17.5 Å². The standard InChI is InChI=1S/C15H18O7.C12H13N3O2/c1-14(2)19-9-7(6-16)10-12(22-15(3,4)20-10)8(11(9)21-14)13(17)18-5;16-9-7-8(13-1-2-13)12(17)11(15-5-6-15)10(9)14-3-4-14/h16H,6H2,1-5H3;7H,1-6H2. The number of esters is 1. The van der Waals surface area contributed by atoms with E-state index in [1.165, 1.54) is 13.2 Å². The summed E-state index contributed by atoms with van der Waals surface area (Å²) in [6.45, 7) is 11.9. The Balaban J connectivity index is 0.000000146. The molecular formula is C27H31N3O9. The molecule has 1 aromatic rings. The summed E-state index contributed by atoms with van der Waals surface area (Å²) in [4.78, 5) is 42.7. The topological polar surface area (TPSA) is 127 Å². The minimum absolute atomic E-state index is 0.00546. The molecule has 0 radical (unpaired) electrons. The number of rotatable bonds is 5. The molecule has 0 atom stereocenters. The normalized spacial score (nSPS) is 22.4. The zero-order valence-corrected chi connectivity index (χ0v) is 22.6. The van der Waals surface area contributed by atoms with Crippen LogP contribution in [0.1, 0.15) is 43.6 Å². The summed E-state index contributed by atoms with van der Waals surface area (Å²) in [6, 6.07) is 0. The summed E-state index contributed by atoms with van der Waals surface area (Å²) in [5, 5.41) is 9.71. The number of hydrogen-bond donors (Lipinski definition) is 1. The van der Waals surface area contributed by atoms with Crippen molar-refractivity contribution in [3.8, 4) is 23.0 Å². The van der Waals surface area contributed by atoms with E-state index in [0.717, 1.165) is 39.3 Å². The second-order valence-corrected chi connectivity index (χ2v) is 10.9. The van der Waals surface area contributed by atoms with Gasteiger partial charge in [-0.1, -0.05) is 0 Å². The second kappa shape index (κ2) is 8.54. The highest BCUT2D eigenvalue weighted by atomic mass is 16.7. The lowest BCUT2D eigenvalue weighted by atomic mass is 10.0. The van der Waals surface area contributed by atoms with Crippen molar-refractivity contribution in [3.63, 3.8) is 0 Å². The molecule has 0 bridgehead atoms. The van der Waals surface area contributed by atoms with Crippen LogP contribution in [0.5, 0.6) is 23.0 Å². The highest BCUT2D eigenvalue weighted by Crippen LogP contribution is 2.57. The van der Waals surface area contributed by atoms with Crippen LogP contribution in [0.2, 0.25) is 0 Å². The largest absolute Gasteiger partial charge is 0.465 e. The van der Waals surface area contributed by atoms with Crippen LogP contribution < -0.4 is 18.9 Å². The van der Waals surface area contributed by atoms with Gasteiger partial charge in [-0.15, -0.1) is 0 Å². The maximum atomic E-state index is 12.4. The molecule has 0 unspecified atom stereocenters. The van der Waals surface area contributed by atoms with Crippen molar-refractivity contribution in [3.05, 3.63) is 34.3 Å². The van der Waals surface area contributed by atoms with Crippen LogP contribution >= 0.6 is 0 Å². The summed E-state index contributed by atoms with van der Waals surface area (Å²) in [6.07, 6.45) is 1.52. The van der Waals surface area contributed by atoms with Crippen molar-refractivity contribution in [2.75, 3.05) is 46.4 Å². The number of hydrogen-bond acceptors (Lipinski definition) is 12. The molecule has 0 aromatic heterocycles. The number of Topliss-reactive ketones (excluding diaryl/α,β-unsaturated/α-hetero) is 1. The van der Waals surface area contributed by atoms with Gasteiger partial charge in [-0.05, 0) is 0 Å². The lowest BCUT2D eigenvalue weighted by Gasteiger charge is -2.21. The molecule has 7 rings (SSSR count). The first-order valence-electron chi connectivity index (χ1n) is 12.9. The predicted octanol–water partition coefficient (Wildman–Crippen LogP) is 1.16. The number of aliphatic hydroxyl groups excluding tert-OH is 1. The SMILES string of the molecule is COC(=O)c1c2c(c(CO)c3c1OC(C)(C)O3)OC(C)(C)O2.O=C1C=C(N2CC2)C(=O)C(N2CC2)=C1N1CC1. The van der Waals surface area contributed by atoms with Gasteiger partial charge in [-0.3, -0.25) is 9.59 Å². The minimum Gasteiger partial charge on any atom is -0.465 e. The van der Waals surface area contributed by atoms with Crippen molar-refractivity contribution in [2.45, 2.75) is 45.9 Å². The first-order valence-corrected chi connectivity index (χ1v) is 12.9. The number of fused-ring (bicyclic) bond motifs is 2. The summed E-state index contributed by atoms with van der Waals surface area (Å²) >= 11 is 0. The number of allylic oxidation sites excluding steroid dienone is 1. The number of benzene rings is 1. The van der Waals surface area contributed by atoms with Crippen LogP contribution in [-0.4, -0.2) is 95.3 Å². The molecular weight excluding hydrogens is 510 g/mol. The summed E-state index contributed by atoms with van der Waals surface area (Å²) in [5.41, 5.74) is 2.37. The van der Waals surface area contributed by atoms with Gasteiger partial charge in [0.05, 0.1) is 25.0 Å². The molecule has 5 aliphatic heterocycles. The van der Waals surface area contributed by atoms with E-state index >= 15 is 0 Å². The lowest BCUT2D eigenvalue weighted by Crippen LogP contribution is -2.31. The van der Waals surface area contributed by atoms with E-state index in [4.69, 9.17) is 23.7 Å². The third-order valence-corrected chi connectivity index (χ3v) is 6.84. The quantitative estimate of drug-likeness (QED) is 0.327. The Hall–Kier alpha value is -3.93. The molecule has 12 nitrogen and oxygen atoms in total. The zero-order valence-electron chi connectivity index (χ0n) is 22.6. The van der Waals surface area contributed by atoms with Crippen LogP contribution in [0.4, 0.5) is 0 Å². The summed E-state index contributed by atoms with van der Waals surface area (Å²) in [5.74, 6) is -1.59. The molecule has 1 aliphatic carbocycles. The van der Waals surface area contributed by atoms with Crippen LogP contribution in [0.3, 0.4) is 0 Å². The van der Waals surface area contributed by atoms with Gasteiger partial charge in [0.25, 0.3) is 0 Å².